The van der Waals surface area contributed by atoms with Gasteiger partial charge in [0.2, 0.25) is 4.96 Å². The van der Waals surface area contributed by atoms with E-state index in [0.717, 1.165) is 22.0 Å². The molecule has 0 amide bonds. The number of fused-ring (bicyclic) bond motifs is 1. The Bertz CT molecular complexity index is 818. The molecule has 0 aliphatic rings. The third kappa shape index (κ3) is 2.32. The molecule has 4 nitrogen and oxygen atoms in total. The fourth-order valence-corrected chi connectivity index (χ4v) is 3.09. The molecule has 106 valence electrons. The van der Waals surface area contributed by atoms with E-state index in [9.17, 15) is 5.26 Å². The first-order valence-electron chi connectivity index (χ1n) is 7.03. The monoisotopic (exact) mass is 296 g/mol. The Labute approximate surface area is 127 Å². The van der Waals surface area contributed by atoms with Crippen molar-refractivity contribution < 1.29 is 0 Å². The quantitative estimate of drug-likeness (QED) is 0.733. The molecule has 21 heavy (non-hydrogen) atoms. The van der Waals surface area contributed by atoms with Crippen molar-refractivity contribution in [3.05, 3.63) is 40.5 Å². The van der Waals surface area contributed by atoms with Gasteiger partial charge in [-0.15, -0.1) is 0 Å². The lowest BCUT2D eigenvalue weighted by atomic mass is 10.0. The Balaban J connectivity index is 2.11. The predicted octanol–water partition coefficient (Wildman–Crippen LogP) is 4.02. The molecule has 0 saturated heterocycles. The average Bonchev–Trinajstić information content (AvgIpc) is 3.03. The van der Waals surface area contributed by atoms with Gasteiger partial charge in [0.25, 0.3) is 0 Å². The molecule has 3 rings (SSSR count). The van der Waals surface area contributed by atoms with Crippen LogP contribution in [0.2, 0.25) is 0 Å². The second-order valence-electron chi connectivity index (χ2n) is 5.24. The highest BCUT2D eigenvalue weighted by Crippen LogP contribution is 2.28. The zero-order chi connectivity index (χ0) is 15.0. The number of aromatic nitrogens is 3. The minimum absolute atomic E-state index is 0.494. The molecule has 2 aromatic heterocycles. The maximum absolute atomic E-state index is 9.45. The topological polar surface area (TPSA) is 54.0 Å². The van der Waals surface area contributed by atoms with Gasteiger partial charge in [-0.3, -0.25) is 0 Å². The van der Waals surface area contributed by atoms with Crippen LogP contribution in [0.15, 0.2) is 24.3 Å². The van der Waals surface area contributed by atoms with Crippen LogP contribution in [0.25, 0.3) is 16.2 Å². The summed E-state index contributed by atoms with van der Waals surface area (Å²) in [6.45, 7) is 6.38. The van der Waals surface area contributed by atoms with E-state index in [4.69, 9.17) is 0 Å². The average molecular weight is 296 g/mol. The highest BCUT2D eigenvalue weighted by molar-refractivity contribution is 7.16. The normalized spacial score (nSPS) is 11.2. The van der Waals surface area contributed by atoms with E-state index in [0.29, 0.717) is 17.3 Å². The van der Waals surface area contributed by atoms with Crippen LogP contribution in [-0.4, -0.2) is 14.6 Å². The molecule has 3 aromatic rings. The fraction of sp³-hybridized carbons (Fsp3) is 0.312. The van der Waals surface area contributed by atoms with Crippen LogP contribution in [0.4, 0.5) is 0 Å². The van der Waals surface area contributed by atoms with Crippen molar-refractivity contribution in [1.29, 1.82) is 5.26 Å². The molecule has 0 aliphatic carbocycles. The van der Waals surface area contributed by atoms with Crippen LogP contribution >= 0.6 is 11.3 Å². The second-order valence-corrected chi connectivity index (χ2v) is 6.28. The number of hydrogen-bond acceptors (Lipinski definition) is 4. The smallest absolute Gasteiger partial charge is 0.214 e. The molecule has 0 aliphatic heterocycles. The number of rotatable bonds is 3. The van der Waals surface area contributed by atoms with E-state index in [-0.39, 0.29) is 0 Å². The third-order valence-corrected chi connectivity index (χ3v) is 4.56. The van der Waals surface area contributed by atoms with Gasteiger partial charge in [0.15, 0.2) is 5.69 Å². The Morgan fingerprint density at radius 2 is 2.00 bits per heavy atom. The maximum Gasteiger partial charge on any atom is 0.214 e. The molecule has 0 unspecified atom stereocenters. The summed E-state index contributed by atoms with van der Waals surface area (Å²) in [4.78, 5) is 5.38. The summed E-state index contributed by atoms with van der Waals surface area (Å²) in [5, 5.41) is 14.9. The van der Waals surface area contributed by atoms with Crippen LogP contribution in [0, 0.1) is 11.3 Å². The first-order chi connectivity index (χ1) is 10.1. The Kier molecular flexibility index (Phi) is 3.48. The number of hydrogen-bond donors (Lipinski definition) is 0. The number of imidazole rings is 1. The molecule has 0 N–H and O–H groups in total. The first kappa shape index (κ1) is 13.8. The second kappa shape index (κ2) is 5.30. The molecule has 0 spiro atoms. The summed E-state index contributed by atoms with van der Waals surface area (Å²) in [7, 11) is 0. The lowest BCUT2D eigenvalue weighted by Gasteiger charge is -2.05. The van der Waals surface area contributed by atoms with Crippen LogP contribution in [0.3, 0.4) is 0 Å². The van der Waals surface area contributed by atoms with Gasteiger partial charge in [-0.2, -0.15) is 14.9 Å². The summed E-state index contributed by atoms with van der Waals surface area (Å²) < 4.78 is 1.66. The lowest BCUT2D eigenvalue weighted by Crippen LogP contribution is -1.92. The van der Waals surface area contributed by atoms with Gasteiger partial charge in [0.05, 0.1) is 0 Å². The number of benzene rings is 1. The zero-order valence-corrected chi connectivity index (χ0v) is 13.1. The Morgan fingerprint density at radius 1 is 1.29 bits per heavy atom. The van der Waals surface area contributed by atoms with Gasteiger partial charge in [0, 0.05) is 5.56 Å². The Hall–Kier alpha value is -2.19. The van der Waals surface area contributed by atoms with Crippen LogP contribution in [0.1, 0.15) is 43.0 Å². The molecule has 0 atom stereocenters. The predicted molar refractivity (Wildman–Crippen MR) is 84.5 cm³/mol. The number of nitrogens with zero attached hydrogens (tertiary/aromatic N) is 4. The van der Waals surface area contributed by atoms with Crippen molar-refractivity contribution in [3.63, 3.8) is 0 Å². The first-order valence-corrected chi connectivity index (χ1v) is 7.84. The molecular weight excluding hydrogens is 280 g/mol. The Morgan fingerprint density at radius 3 is 2.57 bits per heavy atom. The molecule has 0 fully saturated rings. The number of nitriles is 1. The summed E-state index contributed by atoms with van der Waals surface area (Å²) in [5.74, 6) is 0.494. The minimum Gasteiger partial charge on any atom is -0.216 e. The van der Waals surface area contributed by atoms with Gasteiger partial charge in [-0.05, 0) is 17.9 Å². The third-order valence-electron chi connectivity index (χ3n) is 3.50. The van der Waals surface area contributed by atoms with Gasteiger partial charge >= 0.3 is 0 Å². The van der Waals surface area contributed by atoms with E-state index in [2.05, 4.69) is 49.1 Å². The van der Waals surface area contributed by atoms with Gasteiger partial charge in [-0.25, -0.2) is 4.98 Å². The standard InChI is InChI=1S/C16H16N4S/c1-4-14-19-20-13(9-17)15(18-16(20)21-14)12-7-5-11(6-8-12)10(2)3/h5-8,10H,4H2,1-3H3. The van der Waals surface area contributed by atoms with Crippen LogP contribution in [0.5, 0.6) is 0 Å². The van der Waals surface area contributed by atoms with E-state index in [1.807, 2.05) is 12.1 Å². The molecule has 2 heterocycles. The summed E-state index contributed by atoms with van der Waals surface area (Å²) >= 11 is 1.54. The zero-order valence-electron chi connectivity index (χ0n) is 12.3. The van der Waals surface area contributed by atoms with Crippen LogP contribution in [-0.2, 0) is 6.42 Å². The van der Waals surface area contributed by atoms with E-state index in [1.54, 1.807) is 4.52 Å². The van der Waals surface area contributed by atoms with Gasteiger partial charge < -0.3 is 0 Å². The molecule has 5 heteroatoms. The van der Waals surface area contributed by atoms with Crippen molar-refractivity contribution in [1.82, 2.24) is 14.6 Å². The highest BCUT2D eigenvalue weighted by atomic mass is 32.1. The summed E-state index contributed by atoms with van der Waals surface area (Å²) in [6, 6.07) is 10.5. The van der Waals surface area contributed by atoms with Crippen molar-refractivity contribution in [2.24, 2.45) is 0 Å². The molecule has 0 bridgehead atoms. The highest BCUT2D eigenvalue weighted by Gasteiger charge is 2.17. The maximum atomic E-state index is 9.45. The number of aryl methyl sites for hydroxylation is 1. The summed E-state index contributed by atoms with van der Waals surface area (Å²) in [6.07, 6.45) is 0.858. The lowest BCUT2D eigenvalue weighted by molar-refractivity contribution is 0.867. The van der Waals surface area contributed by atoms with Crippen molar-refractivity contribution in [2.75, 3.05) is 0 Å². The molecule has 0 saturated carbocycles. The van der Waals surface area contributed by atoms with Gasteiger partial charge in [-0.1, -0.05) is 56.4 Å². The van der Waals surface area contributed by atoms with Crippen molar-refractivity contribution in [3.8, 4) is 17.3 Å². The SMILES string of the molecule is CCc1nn2c(C#N)c(-c3ccc(C(C)C)cc3)nc2s1. The van der Waals surface area contributed by atoms with E-state index < -0.39 is 0 Å². The fourth-order valence-electron chi connectivity index (χ4n) is 2.26. The van der Waals surface area contributed by atoms with E-state index in [1.165, 1.54) is 16.9 Å². The largest absolute Gasteiger partial charge is 0.216 e. The van der Waals surface area contributed by atoms with Crippen molar-refractivity contribution in [2.45, 2.75) is 33.1 Å². The molecule has 0 radical (unpaired) electrons. The van der Waals surface area contributed by atoms with Gasteiger partial charge in [0.1, 0.15) is 16.8 Å². The summed E-state index contributed by atoms with van der Waals surface area (Å²) in [5.41, 5.74) is 3.48. The molecule has 1 aromatic carbocycles. The van der Waals surface area contributed by atoms with Crippen LogP contribution < -0.4 is 0 Å². The molecular formula is C16H16N4S. The minimum atomic E-state index is 0.494. The van der Waals surface area contributed by atoms with E-state index >= 15 is 0 Å². The van der Waals surface area contributed by atoms with Crippen molar-refractivity contribution >= 4 is 16.3 Å².